The first-order valence-corrected chi connectivity index (χ1v) is 13.9. The zero-order valence-corrected chi connectivity index (χ0v) is 23.8. The van der Waals surface area contributed by atoms with Gasteiger partial charge in [-0.2, -0.15) is 13.2 Å². The van der Waals surface area contributed by atoms with Gasteiger partial charge in [0.15, 0.2) is 12.0 Å². The van der Waals surface area contributed by atoms with E-state index < -0.39 is 73.2 Å². The number of carbonyl (C=O) groups excluding carboxylic acids is 3. The third-order valence-electron chi connectivity index (χ3n) is 9.02. The summed E-state index contributed by atoms with van der Waals surface area (Å²) in [6.45, 7) is 1.28. The summed E-state index contributed by atoms with van der Waals surface area (Å²) in [4.78, 5) is 48.3. The number of nitrogens with one attached hydrogen (secondary N) is 3. The van der Waals surface area contributed by atoms with Gasteiger partial charge in [0.05, 0.1) is 25.3 Å². The normalized spacial score (nSPS) is 30.2. The first-order valence-electron chi connectivity index (χ1n) is 13.9. The van der Waals surface area contributed by atoms with Crippen molar-refractivity contribution in [2.24, 2.45) is 16.5 Å². The van der Waals surface area contributed by atoms with Gasteiger partial charge in [-0.25, -0.2) is 15.1 Å². The number of nitrogens with zero attached hydrogens (tertiary/aromatic N) is 4. The first kappa shape index (κ1) is 29.7. The number of rotatable bonds is 5. The average Bonchev–Trinajstić information content (AvgIpc) is 3.48. The van der Waals surface area contributed by atoms with E-state index >= 15 is 0 Å². The molecule has 0 bridgehead atoms. The highest BCUT2D eigenvalue weighted by Crippen LogP contribution is 2.43. The number of urea groups is 1. The number of guanidine groups is 2. The largest absolute Gasteiger partial charge is 0.492 e. The van der Waals surface area contributed by atoms with E-state index in [9.17, 15) is 37.8 Å². The van der Waals surface area contributed by atoms with Gasteiger partial charge in [-0.1, -0.05) is 26.0 Å². The molecule has 4 atom stereocenters. The number of nitrogens with two attached hydrogens (primary N) is 2. The lowest BCUT2D eigenvalue weighted by Crippen LogP contribution is -2.90. The van der Waals surface area contributed by atoms with E-state index in [0.717, 1.165) is 12.0 Å². The molecule has 9 N–H and O–H groups in total. The van der Waals surface area contributed by atoms with Crippen molar-refractivity contribution < 1.29 is 47.5 Å². The summed E-state index contributed by atoms with van der Waals surface area (Å²) in [6.07, 6.45) is -3.98. The van der Waals surface area contributed by atoms with Crippen LogP contribution < -0.4 is 31.8 Å². The standard InChI is InChI=1S/C26H32F3N9O6/c1-23(2)6-7-44-17-12(4-3-5-13(17)23)19(40)33-15-9-38-21(31)32-14(18-25(38,26(15,42)43)35-20(30)34-18)8-37-16(39)10-36(22(37)41)11-24(27,28)29/h3-5,14-15,18,42-43H,6-11H2,1-2H3,(H2,31,32)(H,33,40)(H3,30,34,35)/p+1/t14-,15?,18-,25-/m0/s1. The van der Waals surface area contributed by atoms with Gasteiger partial charge in [-0.05, 0) is 17.9 Å². The molecule has 2 saturated heterocycles. The fraction of sp³-hybridized carbons (Fsp3) is 0.577. The summed E-state index contributed by atoms with van der Waals surface area (Å²) >= 11 is 0. The Kier molecular flexibility index (Phi) is 6.48. The summed E-state index contributed by atoms with van der Waals surface area (Å²) in [7, 11) is 0. The summed E-state index contributed by atoms with van der Waals surface area (Å²) in [5, 5.41) is 28.9. The second kappa shape index (κ2) is 9.59. The van der Waals surface area contributed by atoms with Crippen molar-refractivity contribution in [3.8, 4) is 5.75 Å². The van der Waals surface area contributed by atoms with Crippen molar-refractivity contribution in [3.63, 3.8) is 0 Å². The monoisotopic (exact) mass is 624 g/mol. The van der Waals surface area contributed by atoms with Gasteiger partial charge in [0.2, 0.25) is 11.7 Å². The van der Waals surface area contributed by atoms with Crippen LogP contribution in [-0.4, -0.2) is 123 Å². The van der Waals surface area contributed by atoms with Crippen LogP contribution >= 0.6 is 0 Å². The number of benzene rings is 1. The first-order chi connectivity index (χ1) is 20.5. The maximum atomic E-state index is 13.6. The highest BCUT2D eigenvalue weighted by atomic mass is 19.4. The van der Waals surface area contributed by atoms with Gasteiger partial charge in [0, 0.05) is 5.56 Å². The molecule has 6 rings (SSSR count). The van der Waals surface area contributed by atoms with Crippen LogP contribution in [0.2, 0.25) is 0 Å². The Morgan fingerprint density at radius 2 is 2.00 bits per heavy atom. The number of alkyl halides is 3. The van der Waals surface area contributed by atoms with Gasteiger partial charge in [-0.3, -0.25) is 30.1 Å². The number of imide groups is 1. The smallest absolute Gasteiger partial charge is 0.406 e. The minimum absolute atomic E-state index is 0.125. The molecule has 2 fully saturated rings. The number of fused-ring (bicyclic) bond motifs is 1. The third-order valence-corrected chi connectivity index (χ3v) is 9.02. The molecule has 1 aromatic carbocycles. The lowest BCUT2D eigenvalue weighted by atomic mass is 9.79. The van der Waals surface area contributed by atoms with Gasteiger partial charge in [0.25, 0.3) is 11.6 Å². The maximum Gasteiger partial charge on any atom is 0.406 e. The minimum atomic E-state index is -4.72. The van der Waals surface area contributed by atoms with E-state index in [2.05, 4.69) is 20.6 Å². The molecule has 0 aliphatic carbocycles. The summed E-state index contributed by atoms with van der Waals surface area (Å²) in [6, 6.07) is 0.250. The molecule has 0 saturated carbocycles. The molecule has 15 nitrogen and oxygen atoms in total. The number of amides is 4. The van der Waals surface area contributed by atoms with Crippen LogP contribution in [0, 0.1) is 0 Å². The Balaban J connectivity index is 1.28. The fourth-order valence-corrected chi connectivity index (χ4v) is 6.80. The van der Waals surface area contributed by atoms with Crippen molar-refractivity contribution in [2.75, 3.05) is 32.8 Å². The van der Waals surface area contributed by atoms with Crippen molar-refractivity contribution >= 4 is 29.8 Å². The number of para-hydroxylation sites is 1. The summed E-state index contributed by atoms with van der Waals surface area (Å²) < 4.78 is 44.7. The van der Waals surface area contributed by atoms with Crippen LogP contribution in [0.25, 0.3) is 0 Å². The van der Waals surface area contributed by atoms with Gasteiger partial charge >= 0.3 is 18.2 Å². The van der Waals surface area contributed by atoms with Crippen LogP contribution in [-0.2, 0) is 10.2 Å². The number of halogens is 3. The van der Waals surface area contributed by atoms with Crippen LogP contribution in [0.4, 0.5) is 18.0 Å². The molecule has 5 aliphatic rings. The lowest BCUT2D eigenvalue weighted by molar-refractivity contribution is -0.521. The Labute approximate surface area is 248 Å². The van der Waals surface area contributed by atoms with E-state index in [4.69, 9.17) is 16.2 Å². The second-order valence-electron chi connectivity index (χ2n) is 12.3. The molecule has 5 heterocycles. The van der Waals surface area contributed by atoms with Crippen molar-refractivity contribution in [1.29, 1.82) is 0 Å². The topological polar surface area (TPSA) is 213 Å². The van der Waals surface area contributed by atoms with E-state index in [0.29, 0.717) is 22.2 Å². The molecule has 0 radical (unpaired) electrons. The van der Waals surface area contributed by atoms with Crippen molar-refractivity contribution in [1.82, 2.24) is 25.3 Å². The highest BCUT2D eigenvalue weighted by Gasteiger charge is 2.76. The molecule has 238 valence electrons. The van der Waals surface area contributed by atoms with Crippen LogP contribution in [0.5, 0.6) is 5.75 Å². The van der Waals surface area contributed by atoms with E-state index in [1.807, 2.05) is 19.9 Å². The van der Waals surface area contributed by atoms with Crippen LogP contribution in [0.3, 0.4) is 0 Å². The lowest BCUT2D eigenvalue weighted by Gasteiger charge is -2.46. The number of carbonyl (C=O) groups is 3. The number of ether oxygens (including phenoxy) is 1. The number of aliphatic hydroxyl groups is 2. The predicted molar refractivity (Wildman–Crippen MR) is 145 cm³/mol. The highest BCUT2D eigenvalue weighted by molar-refractivity contribution is 6.02. The maximum absolute atomic E-state index is 13.6. The number of hydrogen-bond acceptors (Lipinski definition) is 11. The van der Waals surface area contributed by atoms with Gasteiger partial charge < -0.3 is 30.9 Å². The molecule has 44 heavy (non-hydrogen) atoms. The molecular formula is C26H33F3N9O6+. The van der Waals surface area contributed by atoms with E-state index in [1.165, 1.54) is 4.90 Å². The third kappa shape index (κ3) is 4.37. The summed E-state index contributed by atoms with van der Waals surface area (Å²) in [5.41, 5.74) is 11.1. The molecule has 18 heteroatoms. The van der Waals surface area contributed by atoms with Crippen molar-refractivity contribution in [3.05, 3.63) is 29.3 Å². The molecule has 0 aromatic heterocycles. The van der Waals surface area contributed by atoms with Gasteiger partial charge in [0.1, 0.15) is 30.9 Å². The van der Waals surface area contributed by atoms with Crippen LogP contribution in [0.15, 0.2) is 23.2 Å². The molecule has 1 aromatic rings. The second-order valence-corrected chi connectivity index (χ2v) is 12.3. The Bertz CT molecular complexity index is 1500. The molecular weight excluding hydrogens is 591 g/mol. The molecule has 4 amide bonds. The van der Waals surface area contributed by atoms with E-state index in [-0.39, 0.29) is 29.4 Å². The number of hydrogen-bond donors (Lipinski definition) is 7. The molecule has 5 aliphatic heterocycles. The summed E-state index contributed by atoms with van der Waals surface area (Å²) in [5.74, 6) is -4.30. The quantitative estimate of drug-likeness (QED) is 0.126. The molecule has 1 unspecified atom stereocenters. The predicted octanol–water partition coefficient (Wildman–Crippen LogP) is -3.57. The Hall–Kier alpha value is -4.32. The average molecular weight is 625 g/mol. The molecule has 1 spiro atoms. The minimum Gasteiger partial charge on any atom is -0.492 e. The number of aliphatic imine (C=N–C) groups is 1. The zero-order chi connectivity index (χ0) is 32.0. The Morgan fingerprint density at radius 1 is 1.27 bits per heavy atom. The van der Waals surface area contributed by atoms with Gasteiger partial charge in [-0.15, -0.1) is 0 Å². The fourth-order valence-electron chi connectivity index (χ4n) is 6.80. The van der Waals surface area contributed by atoms with Crippen LogP contribution in [0.1, 0.15) is 36.2 Å². The van der Waals surface area contributed by atoms with E-state index in [1.54, 1.807) is 12.1 Å². The Morgan fingerprint density at radius 3 is 2.70 bits per heavy atom. The SMILES string of the molecule is CC1(C)CCOc2c(C(=O)NC3CN4C(N)=N[C@@H](CN5C(=O)CN(CC(F)(F)F)C5=O)[C@@H]5[NH+]=C(N)N[C@@]54C3(O)O)cccc21. The zero-order valence-electron chi connectivity index (χ0n) is 23.8. The van der Waals surface area contributed by atoms with Crippen molar-refractivity contribution in [2.45, 2.75) is 61.4 Å².